The lowest BCUT2D eigenvalue weighted by Gasteiger charge is -2.31. The number of amidine groups is 1. The van der Waals surface area contributed by atoms with Gasteiger partial charge in [0.25, 0.3) is 5.84 Å². The number of nitrogens with zero attached hydrogens (tertiary/aromatic N) is 2. The fourth-order valence-electron chi connectivity index (χ4n) is 5.22. The molecule has 3 aliphatic rings. The van der Waals surface area contributed by atoms with Gasteiger partial charge < -0.3 is 9.84 Å². The molecule has 0 bridgehead atoms. The fourth-order valence-corrected chi connectivity index (χ4v) is 5.22. The van der Waals surface area contributed by atoms with E-state index in [9.17, 15) is 9.90 Å². The van der Waals surface area contributed by atoms with E-state index in [0.717, 1.165) is 40.6 Å². The second kappa shape index (κ2) is 9.97. The molecule has 1 amide bonds. The molecule has 2 heterocycles. The number of methoxy groups -OCH3 is 1. The van der Waals surface area contributed by atoms with Crippen LogP contribution in [0.2, 0.25) is 0 Å². The Balaban J connectivity index is 1.55. The third-order valence-corrected chi connectivity index (χ3v) is 7.11. The third kappa shape index (κ3) is 4.51. The van der Waals surface area contributed by atoms with E-state index in [-0.39, 0.29) is 29.7 Å². The summed E-state index contributed by atoms with van der Waals surface area (Å²) in [6.45, 7) is 4.10. The van der Waals surface area contributed by atoms with Crippen LogP contribution in [0.25, 0.3) is 0 Å². The second-order valence-electron chi connectivity index (χ2n) is 9.48. The Morgan fingerprint density at radius 2 is 1.81 bits per heavy atom. The zero-order chi connectivity index (χ0) is 25.2. The van der Waals surface area contributed by atoms with Crippen molar-refractivity contribution in [1.82, 2.24) is 4.90 Å². The number of carbonyl (C=O) groups is 1. The zero-order valence-corrected chi connectivity index (χ0v) is 20.9. The van der Waals surface area contributed by atoms with E-state index in [1.165, 1.54) is 5.56 Å². The van der Waals surface area contributed by atoms with Gasteiger partial charge in [-0.05, 0) is 54.3 Å². The highest BCUT2D eigenvalue weighted by Crippen LogP contribution is 2.34. The van der Waals surface area contributed by atoms with Gasteiger partial charge in [-0.15, -0.1) is 0 Å². The molecule has 2 N–H and O–H groups in total. The highest BCUT2D eigenvalue weighted by molar-refractivity contribution is 6.18. The van der Waals surface area contributed by atoms with Crippen LogP contribution < -0.4 is 4.99 Å². The van der Waals surface area contributed by atoms with Crippen LogP contribution in [0.4, 0.5) is 0 Å². The van der Waals surface area contributed by atoms with Crippen molar-refractivity contribution >= 4 is 17.5 Å². The number of aromatic hydroxyl groups is 1. The van der Waals surface area contributed by atoms with Crippen LogP contribution in [-0.2, 0) is 22.4 Å². The lowest BCUT2D eigenvalue weighted by Crippen LogP contribution is -2.80. The molecule has 6 heteroatoms. The van der Waals surface area contributed by atoms with Crippen molar-refractivity contribution in [3.63, 3.8) is 0 Å². The zero-order valence-electron chi connectivity index (χ0n) is 20.9. The maximum Gasteiger partial charge on any atom is 0.359 e. The Kier molecular flexibility index (Phi) is 6.59. The van der Waals surface area contributed by atoms with Crippen molar-refractivity contribution < 1.29 is 19.6 Å². The van der Waals surface area contributed by atoms with Crippen LogP contribution in [-0.4, -0.2) is 46.7 Å². The fraction of sp³-hybridized carbons (Fsp3) is 0.300. The molecule has 1 aliphatic carbocycles. The molecule has 3 atom stereocenters. The minimum Gasteiger partial charge on any atom is -0.508 e. The highest BCUT2D eigenvalue weighted by atomic mass is 16.5. The number of carbonyl (C=O) groups excluding carboxylic acids is 1. The first-order chi connectivity index (χ1) is 17.5. The molecule has 5 rings (SSSR count). The number of amides is 1. The van der Waals surface area contributed by atoms with Gasteiger partial charge in [-0.2, -0.15) is 4.90 Å². The molecule has 0 radical (unpaired) electrons. The predicted molar refractivity (Wildman–Crippen MR) is 140 cm³/mol. The standard InChI is InChI=1S/C30H31N3O3/c1-4-24-22(16-19(2)36-3)12-15-27-28(24)31-25(17-20-8-6-5-7-9-20)29-32-26(30(35)33(27)29)18-21-10-13-23(34)14-11-21/h5-16,24-26,34H,4,17-18H2,1-3H3/p+1/b19-16+. The van der Waals surface area contributed by atoms with Gasteiger partial charge in [0.1, 0.15) is 5.75 Å². The molecule has 2 aromatic rings. The van der Waals surface area contributed by atoms with Crippen molar-refractivity contribution in [1.29, 1.82) is 0 Å². The van der Waals surface area contributed by atoms with Crippen molar-refractivity contribution in [2.24, 2.45) is 10.9 Å². The molecular formula is C30H32N3O3+. The SMILES string of the molecule is CCC1C(/C=C(\C)OC)=CC=C2C1=NC(Cc1ccccc1)C1=[NH+]C(Cc3ccc(O)cc3)C(=O)N21. The number of benzene rings is 2. The number of ether oxygens (including phenoxy) is 1. The topological polar surface area (TPSA) is 76.1 Å². The van der Waals surface area contributed by atoms with Gasteiger partial charge in [-0.25, -0.2) is 4.79 Å². The first kappa shape index (κ1) is 23.8. The lowest BCUT2D eigenvalue weighted by atomic mass is 9.83. The molecule has 0 spiro atoms. The number of allylic oxidation sites excluding steroid dienone is 6. The number of phenols is 1. The van der Waals surface area contributed by atoms with Gasteiger partial charge in [-0.1, -0.05) is 55.5 Å². The Morgan fingerprint density at radius 3 is 2.50 bits per heavy atom. The summed E-state index contributed by atoms with van der Waals surface area (Å²) in [6, 6.07) is 16.8. The third-order valence-electron chi connectivity index (χ3n) is 7.11. The summed E-state index contributed by atoms with van der Waals surface area (Å²) >= 11 is 0. The average Bonchev–Trinajstić information content (AvgIpc) is 3.22. The van der Waals surface area contributed by atoms with Crippen LogP contribution in [0.1, 0.15) is 31.4 Å². The summed E-state index contributed by atoms with van der Waals surface area (Å²) in [5, 5.41) is 9.65. The van der Waals surface area contributed by atoms with E-state index >= 15 is 0 Å². The van der Waals surface area contributed by atoms with Crippen LogP contribution in [0.5, 0.6) is 5.75 Å². The number of nitrogens with one attached hydrogen (secondary N) is 1. The lowest BCUT2D eigenvalue weighted by molar-refractivity contribution is -0.482. The molecule has 3 unspecified atom stereocenters. The molecule has 2 aliphatic heterocycles. The van der Waals surface area contributed by atoms with E-state index in [1.807, 2.05) is 48.2 Å². The quantitative estimate of drug-likeness (QED) is 0.596. The number of fused-ring (bicyclic) bond motifs is 3. The van der Waals surface area contributed by atoms with Crippen molar-refractivity contribution in [2.75, 3.05) is 7.11 Å². The maximum absolute atomic E-state index is 13.8. The van der Waals surface area contributed by atoms with Crippen LogP contribution >= 0.6 is 0 Å². The van der Waals surface area contributed by atoms with E-state index < -0.39 is 0 Å². The van der Waals surface area contributed by atoms with Crippen molar-refractivity contribution in [2.45, 2.75) is 45.2 Å². The van der Waals surface area contributed by atoms with Gasteiger partial charge in [-0.3, -0.25) is 9.98 Å². The monoisotopic (exact) mass is 482 g/mol. The highest BCUT2D eigenvalue weighted by Gasteiger charge is 2.52. The summed E-state index contributed by atoms with van der Waals surface area (Å²) in [6.07, 6.45) is 8.27. The number of aliphatic imine (C=N–C) groups is 1. The van der Waals surface area contributed by atoms with Gasteiger partial charge in [0, 0.05) is 18.8 Å². The molecule has 0 fully saturated rings. The Labute approximate surface area is 212 Å². The predicted octanol–water partition coefficient (Wildman–Crippen LogP) is 3.09. The Morgan fingerprint density at radius 1 is 1.08 bits per heavy atom. The van der Waals surface area contributed by atoms with Gasteiger partial charge in [0.2, 0.25) is 0 Å². The van der Waals surface area contributed by atoms with E-state index in [0.29, 0.717) is 12.8 Å². The van der Waals surface area contributed by atoms with Crippen molar-refractivity contribution in [3.8, 4) is 5.75 Å². The van der Waals surface area contributed by atoms with Gasteiger partial charge in [0.15, 0.2) is 17.8 Å². The Bertz CT molecular complexity index is 1300. The van der Waals surface area contributed by atoms with E-state index in [2.05, 4.69) is 36.2 Å². The summed E-state index contributed by atoms with van der Waals surface area (Å²) in [7, 11) is 1.68. The summed E-state index contributed by atoms with van der Waals surface area (Å²) in [4.78, 5) is 24.5. The molecule has 36 heavy (non-hydrogen) atoms. The molecular weight excluding hydrogens is 450 g/mol. The molecule has 184 valence electrons. The van der Waals surface area contributed by atoms with E-state index in [4.69, 9.17) is 9.73 Å². The number of hydrogen-bond donors (Lipinski definition) is 2. The molecule has 6 nitrogen and oxygen atoms in total. The molecule has 2 aromatic carbocycles. The van der Waals surface area contributed by atoms with Gasteiger partial charge in [0.05, 0.1) is 18.6 Å². The summed E-state index contributed by atoms with van der Waals surface area (Å²) in [5.41, 5.74) is 5.13. The van der Waals surface area contributed by atoms with Crippen LogP contribution in [0.3, 0.4) is 0 Å². The minimum atomic E-state index is -0.389. The van der Waals surface area contributed by atoms with Gasteiger partial charge >= 0.3 is 5.91 Å². The van der Waals surface area contributed by atoms with E-state index in [1.54, 1.807) is 19.2 Å². The maximum atomic E-state index is 13.8. The minimum absolute atomic E-state index is 0.0325. The molecule has 0 saturated carbocycles. The normalized spacial score (nSPS) is 23.3. The van der Waals surface area contributed by atoms with Crippen LogP contribution in [0.15, 0.2) is 94.8 Å². The van der Waals surface area contributed by atoms with Crippen LogP contribution in [0, 0.1) is 5.92 Å². The Hall–Kier alpha value is -3.93. The molecule has 0 aromatic heterocycles. The number of phenolic OH excluding ortho intramolecular Hbond substituents is 1. The first-order valence-electron chi connectivity index (χ1n) is 12.5. The smallest absolute Gasteiger partial charge is 0.359 e. The molecule has 0 saturated heterocycles. The number of hydrogen-bond acceptors (Lipinski definition) is 4. The van der Waals surface area contributed by atoms with Crippen molar-refractivity contribution in [3.05, 3.63) is 101 Å². The second-order valence-corrected chi connectivity index (χ2v) is 9.48. The summed E-state index contributed by atoms with van der Waals surface area (Å²) in [5.74, 6) is 2.02. The first-order valence-corrected chi connectivity index (χ1v) is 12.5. The average molecular weight is 483 g/mol. The number of rotatable bonds is 7. The largest absolute Gasteiger partial charge is 0.508 e. The summed E-state index contributed by atoms with van der Waals surface area (Å²) < 4.78 is 5.41.